The molecule has 2 aliphatic carbocycles. The van der Waals surface area contributed by atoms with Gasteiger partial charge >= 0.3 is 0 Å². The van der Waals surface area contributed by atoms with Gasteiger partial charge in [-0.3, -0.25) is 19.2 Å². The minimum atomic E-state index is -1.42. The van der Waals surface area contributed by atoms with Crippen molar-refractivity contribution in [1.29, 1.82) is 0 Å². The molecule has 1 amide bonds. The predicted octanol–water partition coefficient (Wildman–Crippen LogP) is 4.03. The van der Waals surface area contributed by atoms with Crippen LogP contribution in [0.1, 0.15) is 45.6 Å². The molecule has 1 aromatic heterocycles. The Balaban J connectivity index is 1.60. The van der Waals surface area contributed by atoms with Crippen LogP contribution in [0.25, 0.3) is 10.9 Å². The summed E-state index contributed by atoms with van der Waals surface area (Å²) in [7, 11) is 0. The molecule has 1 saturated heterocycles. The van der Waals surface area contributed by atoms with Crippen molar-refractivity contribution in [2.75, 3.05) is 6.61 Å². The van der Waals surface area contributed by atoms with Gasteiger partial charge in [0.1, 0.15) is 11.2 Å². The third-order valence-corrected chi connectivity index (χ3v) is 9.03. The highest BCUT2D eigenvalue weighted by molar-refractivity contribution is 6.43. The SMILES string of the molecule is CC1=CC(C)CC=CC2C=C(CO)C(C)C3C(Cc4c[nH]c5ccccc45)NC(=O)C23C(=O)CCC(=O)C1=O. The van der Waals surface area contributed by atoms with E-state index in [-0.39, 0.29) is 49.0 Å². The lowest BCUT2D eigenvalue weighted by Crippen LogP contribution is -2.53. The van der Waals surface area contributed by atoms with Gasteiger partial charge in [0.05, 0.1) is 6.61 Å². The van der Waals surface area contributed by atoms with Crippen LogP contribution >= 0.6 is 0 Å². The first-order valence-electron chi connectivity index (χ1n) is 13.8. The van der Waals surface area contributed by atoms with Crippen LogP contribution in [0.4, 0.5) is 0 Å². The van der Waals surface area contributed by atoms with Gasteiger partial charge in [-0.2, -0.15) is 0 Å². The van der Waals surface area contributed by atoms with Gasteiger partial charge < -0.3 is 15.4 Å². The summed E-state index contributed by atoms with van der Waals surface area (Å²) in [5.41, 5.74) is 1.81. The lowest BCUT2D eigenvalue weighted by Gasteiger charge is -2.45. The molecule has 1 fully saturated rings. The van der Waals surface area contributed by atoms with E-state index in [9.17, 15) is 24.3 Å². The third kappa shape index (κ3) is 4.52. The van der Waals surface area contributed by atoms with E-state index >= 15 is 0 Å². The van der Waals surface area contributed by atoms with Crippen molar-refractivity contribution in [2.24, 2.45) is 29.1 Å². The van der Waals surface area contributed by atoms with Crippen molar-refractivity contribution < 1.29 is 24.3 Å². The quantitative estimate of drug-likeness (QED) is 0.316. The second-order valence-electron chi connectivity index (χ2n) is 11.4. The predicted molar refractivity (Wildman–Crippen MR) is 149 cm³/mol. The number of aromatic amines is 1. The fraction of sp³-hybridized carbons (Fsp3) is 0.438. The van der Waals surface area contributed by atoms with E-state index in [1.165, 1.54) is 0 Å². The minimum absolute atomic E-state index is 0.00275. The number of hydrogen-bond acceptors (Lipinski definition) is 5. The summed E-state index contributed by atoms with van der Waals surface area (Å²) in [6.45, 7) is 5.40. The normalized spacial score (nSPS) is 31.9. The number of aliphatic hydroxyl groups excluding tert-OH is 1. The Labute approximate surface area is 228 Å². The van der Waals surface area contributed by atoms with E-state index in [0.717, 1.165) is 22.0 Å². The van der Waals surface area contributed by atoms with Gasteiger partial charge in [0.25, 0.3) is 0 Å². The number of amides is 1. The first-order valence-corrected chi connectivity index (χ1v) is 13.8. The number of para-hydroxylation sites is 1. The lowest BCUT2D eigenvalue weighted by molar-refractivity contribution is -0.146. The molecule has 39 heavy (non-hydrogen) atoms. The lowest BCUT2D eigenvalue weighted by atomic mass is 9.54. The van der Waals surface area contributed by atoms with Gasteiger partial charge in [0, 0.05) is 47.8 Å². The topological polar surface area (TPSA) is 116 Å². The number of H-pyrrole nitrogens is 1. The Bertz CT molecular complexity index is 1430. The van der Waals surface area contributed by atoms with E-state index in [1.807, 2.05) is 62.5 Å². The van der Waals surface area contributed by atoms with Crippen molar-refractivity contribution in [2.45, 2.75) is 52.5 Å². The molecule has 2 aromatic rings. The fourth-order valence-electron chi connectivity index (χ4n) is 7.10. The molecular weight excluding hydrogens is 492 g/mol. The summed E-state index contributed by atoms with van der Waals surface area (Å²) < 4.78 is 0. The second kappa shape index (κ2) is 10.5. The number of ketones is 3. The summed E-state index contributed by atoms with van der Waals surface area (Å²) >= 11 is 0. The maximum Gasteiger partial charge on any atom is 0.235 e. The summed E-state index contributed by atoms with van der Waals surface area (Å²) in [6.07, 6.45) is 10.2. The Hall–Kier alpha value is -3.58. The molecular formula is C32H36N2O5. The standard InChI is InChI=1S/C32H36N2O5/c1-18-7-6-8-23-14-22(17-35)20(3)29-26(15-21-16-33-25-10-5-4-9-24(21)25)34-31(39)32(23,29)28(37)12-11-27(36)30(38)19(2)13-18/h4-6,8-10,13-14,16,18,20,23,26,29,33,35H,7,11-12,15,17H2,1-3H3,(H,34,39). The average molecular weight is 529 g/mol. The van der Waals surface area contributed by atoms with Crippen LogP contribution in [-0.2, 0) is 25.6 Å². The van der Waals surface area contributed by atoms with Crippen LogP contribution < -0.4 is 5.32 Å². The zero-order chi connectivity index (χ0) is 27.9. The molecule has 0 saturated carbocycles. The molecule has 7 heteroatoms. The zero-order valence-electron chi connectivity index (χ0n) is 22.7. The van der Waals surface area contributed by atoms with Crippen LogP contribution in [0, 0.1) is 29.1 Å². The average Bonchev–Trinajstić information content (AvgIpc) is 3.46. The molecule has 0 bridgehead atoms. The van der Waals surface area contributed by atoms with E-state index in [4.69, 9.17) is 0 Å². The molecule has 6 unspecified atom stereocenters. The van der Waals surface area contributed by atoms with Crippen LogP contribution in [0.15, 0.2) is 65.9 Å². The molecule has 1 aromatic carbocycles. The Morgan fingerprint density at radius 1 is 1.05 bits per heavy atom. The Morgan fingerprint density at radius 3 is 2.59 bits per heavy atom. The van der Waals surface area contributed by atoms with Crippen molar-refractivity contribution in [3.05, 3.63) is 71.5 Å². The van der Waals surface area contributed by atoms with Crippen LogP contribution in [-0.4, -0.2) is 46.0 Å². The monoisotopic (exact) mass is 528 g/mol. The number of hydrogen-bond donors (Lipinski definition) is 3. The molecule has 6 atom stereocenters. The fourth-order valence-corrected chi connectivity index (χ4v) is 7.10. The summed E-state index contributed by atoms with van der Waals surface area (Å²) in [6, 6.07) is 7.62. The number of benzene rings is 1. The van der Waals surface area contributed by atoms with Crippen molar-refractivity contribution in [3.63, 3.8) is 0 Å². The number of aromatic nitrogens is 1. The minimum Gasteiger partial charge on any atom is -0.392 e. The third-order valence-electron chi connectivity index (χ3n) is 9.03. The highest BCUT2D eigenvalue weighted by Crippen LogP contribution is 2.55. The van der Waals surface area contributed by atoms with Crippen molar-refractivity contribution >= 4 is 34.2 Å². The number of carbonyl (C=O) groups excluding carboxylic acids is 4. The summed E-state index contributed by atoms with van der Waals surface area (Å²) in [5.74, 6) is -3.08. The molecule has 1 spiro atoms. The van der Waals surface area contributed by atoms with Gasteiger partial charge in [-0.1, -0.05) is 56.4 Å². The molecule has 3 aliphatic rings. The van der Waals surface area contributed by atoms with Gasteiger partial charge in [-0.25, -0.2) is 0 Å². The number of carbonyl (C=O) groups is 4. The number of fused-ring (bicyclic) bond motifs is 1. The molecule has 0 radical (unpaired) electrons. The molecule has 5 rings (SSSR count). The smallest absolute Gasteiger partial charge is 0.235 e. The number of nitrogens with one attached hydrogen (secondary N) is 2. The number of rotatable bonds is 3. The van der Waals surface area contributed by atoms with Crippen molar-refractivity contribution in [1.82, 2.24) is 10.3 Å². The summed E-state index contributed by atoms with van der Waals surface area (Å²) in [4.78, 5) is 57.0. The number of Topliss-reactive ketones (excluding diaryl/α,β-unsaturated/α-hetero) is 3. The molecule has 7 nitrogen and oxygen atoms in total. The molecule has 204 valence electrons. The number of aliphatic hydroxyl groups is 1. The second-order valence-corrected chi connectivity index (χ2v) is 11.4. The van der Waals surface area contributed by atoms with Crippen molar-refractivity contribution in [3.8, 4) is 0 Å². The first kappa shape index (κ1) is 27.0. The highest BCUT2D eigenvalue weighted by Gasteiger charge is 2.65. The van der Waals surface area contributed by atoms with Gasteiger partial charge in [0.2, 0.25) is 17.5 Å². The van der Waals surface area contributed by atoms with E-state index in [1.54, 1.807) is 13.0 Å². The zero-order valence-corrected chi connectivity index (χ0v) is 22.7. The molecule has 2 heterocycles. The number of allylic oxidation sites excluding steroid dienone is 5. The maximum atomic E-state index is 14.2. The van der Waals surface area contributed by atoms with Gasteiger partial charge in [0.15, 0.2) is 0 Å². The largest absolute Gasteiger partial charge is 0.392 e. The van der Waals surface area contributed by atoms with E-state index in [2.05, 4.69) is 10.3 Å². The van der Waals surface area contributed by atoms with E-state index < -0.39 is 28.8 Å². The maximum absolute atomic E-state index is 14.2. The van der Waals surface area contributed by atoms with E-state index in [0.29, 0.717) is 18.4 Å². The summed E-state index contributed by atoms with van der Waals surface area (Å²) in [5, 5.41) is 14.5. The molecule has 3 N–H and O–H groups in total. The van der Waals surface area contributed by atoms with Crippen LogP contribution in [0.2, 0.25) is 0 Å². The Kier molecular flexibility index (Phi) is 7.29. The molecule has 1 aliphatic heterocycles. The Morgan fingerprint density at radius 2 is 1.82 bits per heavy atom. The first-order chi connectivity index (χ1) is 18.7. The van der Waals surface area contributed by atoms with Crippen LogP contribution in [0.3, 0.4) is 0 Å². The highest BCUT2D eigenvalue weighted by atomic mass is 16.3. The van der Waals surface area contributed by atoms with Crippen LogP contribution in [0.5, 0.6) is 0 Å². The van der Waals surface area contributed by atoms with Gasteiger partial charge in [-0.05, 0) is 54.4 Å². The van der Waals surface area contributed by atoms with Gasteiger partial charge in [-0.15, -0.1) is 0 Å².